The summed E-state index contributed by atoms with van der Waals surface area (Å²) in [5, 5.41) is 0.512. The average molecular weight is 402 g/mol. The van der Waals surface area contributed by atoms with Gasteiger partial charge < -0.3 is 5.73 Å². The van der Waals surface area contributed by atoms with Crippen LogP contribution in [0.5, 0.6) is 0 Å². The summed E-state index contributed by atoms with van der Waals surface area (Å²) in [6.07, 6.45) is 4.08. The molecule has 4 rings (SSSR count). The lowest BCUT2D eigenvalue weighted by Crippen LogP contribution is -1.95. The summed E-state index contributed by atoms with van der Waals surface area (Å²) in [6.45, 7) is 0. The molecular formula is C18H10ClF2N5S. The van der Waals surface area contributed by atoms with E-state index in [1.54, 1.807) is 18.2 Å². The molecule has 4 aromatic rings. The van der Waals surface area contributed by atoms with Crippen LogP contribution in [0.4, 0.5) is 14.5 Å². The molecule has 1 aromatic carbocycles. The molecule has 0 unspecified atom stereocenters. The summed E-state index contributed by atoms with van der Waals surface area (Å²) in [5.74, 6) is -1.08. The predicted octanol–water partition coefficient (Wildman–Crippen LogP) is 4.84. The van der Waals surface area contributed by atoms with E-state index in [1.807, 2.05) is 0 Å². The van der Waals surface area contributed by atoms with Crippen LogP contribution in [0, 0.1) is 11.6 Å². The number of rotatable bonds is 3. The first-order valence-electron chi connectivity index (χ1n) is 7.68. The highest BCUT2D eigenvalue weighted by Gasteiger charge is 2.21. The second-order valence-corrected chi connectivity index (χ2v) is 6.85. The molecule has 3 aromatic heterocycles. The smallest absolute Gasteiger partial charge is 0.222 e. The summed E-state index contributed by atoms with van der Waals surface area (Å²) in [5.41, 5.74) is 7.19. The standard InChI is InChI=1S/C18H10ClF2N5S/c19-18-24-5-4-13(25-18)16-15(11-2-1-3-12(22)14(11)21)26-17(27-16)9-6-10(20)8-23-7-9/h1-8H,22H2. The van der Waals surface area contributed by atoms with Crippen LogP contribution < -0.4 is 5.73 Å². The van der Waals surface area contributed by atoms with Crippen LogP contribution in [-0.2, 0) is 0 Å². The Morgan fingerprint density at radius 2 is 1.93 bits per heavy atom. The van der Waals surface area contributed by atoms with E-state index in [-0.39, 0.29) is 16.5 Å². The Morgan fingerprint density at radius 1 is 1.07 bits per heavy atom. The SMILES string of the molecule is Nc1cccc(-c2nc(-c3cncc(F)c3)sc2-c2ccnc(Cl)n2)c1F. The predicted molar refractivity (Wildman–Crippen MR) is 101 cm³/mol. The summed E-state index contributed by atoms with van der Waals surface area (Å²) in [7, 11) is 0. The van der Waals surface area contributed by atoms with E-state index < -0.39 is 11.6 Å². The second kappa shape index (κ2) is 6.98. The number of aromatic nitrogens is 4. The van der Waals surface area contributed by atoms with Crippen molar-refractivity contribution < 1.29 is 8.78 Å². The number of nitrogens with two attached hydrogens (primary N) is 1. The monoisotopic (exact) mass is 401 g/mol. The molecule has 3 heterocycles. The van der Waals surface area contributed by atoms with E-state index in [9.17, 15) is 8.78 Å². The fraction of sp³-hybridized carbons (Fsp3) is 0. The third-order valence-electron chi connectivity index (χ3n) is 3.72. The van der Waals surface area contributed by atoms with Gasteiger partial charge in [0.15, 0.2) is 5.82 Å². The zero-order valence-electron chi connectivity index (χ0n) is 13.5. The molecular weight excluding hydrogens is 392 g/mol. The highest BCUT2D eigenvalue weighted by molar-refractivity contribution is 7.18. The summed E-state index contributed by atoms with van der Waals surface area (Å²) < 4.78 is 28.2. The van der Waals surface area contributed by atoms with Gasteiger partial charge in [-0.05, 0) is 35.9 Å². The number of hydrogen-bond donors (Lipinski definition) is 1. The van der Waals surface area contributed by atoms with Gasteiger partial charge in [0.25, 0.3) is 0 Å². The van der Waals surface area contributed by atoms with Crippen LogP contribution in [0.3, 0.4) is 0 Å². The fourth-order valence-corrected chi connectivity index (χ4v) is 3.70. The van der Waals surface area contributed by atoms with Gasteiger partial charge in [0.05, 0.1) is 28.1 Å². The maximum absolute atomic E-state index is 14.6. The van der Waals surface area contributed by atoms with Gasteiger partial charge >= 0.3 is 0 Å². The van der Waals surface area contributed by atoms with Crippen molar-refractivity contribution in [2.45, 2.75) is 0 Å². The van der Waals surface area contributed by atoms with Gasteiger partial charge in [-0.15, -0.1) is 11.3 Å². The van der Waals surface area contributed by atoms with E-state index in [1.165, 1.54) is 35.9 Å². The topological polar surface area (TPSA) is 77.6 Å². The van der Waals surface area contributed by atoms with Crippen molar-refractivity contribution >= 4 is 28.6 Å². The van der Waals surface area contributed by atoms with Crippen LogP contribution in [0.15, 0.2) is 48.9 Å². The Bertz CT molecular complexity index is 1150. The third kappa shape index (κ3) is 3.36. The van der Waals surface area contributed by atoms with E-state index in [4.69, 9.17) is 17.3 Å². The first-order chi connectivity index (χ1) is 13.0. The summed E-state index contributed by atoms with van der Waals surface area (Å²) in [4.78, 5) is 17.0. The number of hydrogen-bond acceptors (Lipinski definition) is 6. The van der Waals surface area contributed by atoms with Crippen molar-refractivity contribution in [1.29, 1.82) is 0 Å². The summed E-state index contributed by atoms with van der Waals surface area (Å²) in [6, 6.07) is 7.61. The molecule has 0 atom stereocenters. The van der Waals surface area contributed by atoms with E-state index >= 15 is 0 Å². The Labute approximate surface area is 161 Å². The lowest BCUT2D eigenvalue weighted by atomic mass is 10.1. The van der Waals surface area contributed by atoms with Crippen molar-refractivity contribution in [3.63, 3.8) is 0 Å². The van der Waals surface area contributed by atoms with Crippen LogP contribution in [0.25, 0.3) is 32.4 Å². The van der Waals surface area contributed by atoms with Gasteiger partial charge in [-0.3, -0.25) is 4.98 Å². The van der Waals surface area contributed by atoms with Crippen LogP contribution in [-0.4, -0.2) is 19.9 Å². The van der Waals surface area contributed by atoms with Crippen molar-refractivity contribution in [2.75, 3.05) is 5.73 Å². The van der Waals surface area contributed by atoms with Gasteiger partial charge in [-0.1, -0.05) is 6.07 Å². The maximum atomic E-state index is 14.6. The molecule has 0 saturated heterocycles. The molecule has 0 aliphatic rings. The lowest BCUT2D eigenvalue weighted by Gasteiger charge is -2.05. The van der Waals surface area contributed by atoms with Crippen molar-refractivity contribution in [3.05, 3.63) is 65.8 Å². The lowest BCUT2D eigenvalue weighted by molar-refractivity contribution is 0.622. The van der Waals surface area contributed by atoms with Gasteiger partial charge in [0.1, 0.15) is 10.8 Å². The molecule has 0 bridgehead atoms. The molecule has 0 spiro atoms. The third-order valence-corrected chi connectivity index (χ3v) is 5.03. The Morgan fingerprint density at radius 3 is 2.70 bits per heavy atom. The number of anilines is 1. The van der Waals surface area contributed by atoms with Crippen LogP contribution >= 0.6 is 22.9 Å². The molecule has 27 heavy (non-hydrogen) atoms. The Balaban J connectivity index is 1.97. The second-order valence-electron chi connectivity index (χ2n) is 5.51. The number of thiazole rings is 1. The van der Waals surface area contributed by atoms with Gasteiger partial charge in [-0.25, -0.2) is 23.7 Å². The first kappa shape index (κ1) is 17.4. The Kier molecular flexibility index (Phi) is 4.51. The van der Waals surface area contributed by atoms with E-state index in [2.05, 4.69) is 19.9 Å². The number of halogens is 3. The number of nitrogen functional groups attached to an aromatic ring is 1. The zero-order valence-corrected chi connectivity index (χ0v) is 15.1. The zero-order chi connectivity index (χ0) is 19.0. The van der Waals surface area contributed by atoms with Crippen molar-refractivity contribution in [2.24, 2.45) is 0 Å². The molecule has 2 N–H and O–H groups in total. The number of benzene rings is 1. The highest BCUT2D eigenvalue weighted by atomic mass is 35.5. The maximum Gasteiger partial charge on any atom is 0.222 e. The minimum atomic E-state index is -0.590. The van der Waals surface area contributed by atoms with Crippen LogP contribution in [0.1, 0.15) is 0 Å². The molecule has 5 nitrogen and oxygen atoms in total. The van der Waals surface area contributed by atoms with E-state index in [0.717, 1.165) is 6.20 Å². The molecule has 0 amide bonds. The van der Waals surface area contributed by atoms with Gasteiger partial charge in [0, 0.05) is 23.5 Å². The molecule has 9 heteroatoms. The molecule has 0 fully saturated rings. The molecule has 134 valence electrons. The number of pyridine rings is 1. The van der Waals surface area contributed by atoms with Crippen molar-refractivity contribution in [1.82, 2.24) is 19.9 Å². The molecule has 0 saturated carbocycles. The van der Waals surface area contributed by atoms with Gasteiger partial charge in [0.2, 0.25) is 5.28 Å². The van der Waals surface area contributed by atoms with E-state index in [0.29, 0.717) is 26.8 Å². The Hall–Kier alpha value is -2.97. The first-order valence-corrected chi connectivity index (χ1v) is 8.87. The quantitative estimate of drug-likeness (QED) is 0.392. The molecule has 0 radical (unpaired) electrons. The minimum Gasteiger partial charge on any atom is -0.396 e. The average Bonchev–Trinajstić information content (AvgIpc) is 3.09. The number of nitrogens with zero attached hydrogens (tertiary/aromatic N) is 4. The van der Waals surface area contributed by atoms with Crippen LogP contribution in [0.2, 0.25) is 5.28 Å². The highest BCUT2D eigenvalue weighted by Crippen LogP contribution is 2.41. The normalized spacial score (nSPS) is 10.9. The minimum absolute atomic E-state index is 0.00106. The molecule has 0 aliphatic heterocycles. The van der Waals surface area contributed by atoms with Gasteiger partial charge in [-0.2, -0.15) is 0 Å². The largest absolute Gasteiger partial charge is 0.396 e. The molecule has 0 aliphatic carbocycles. The van der Waals surface area contributed by atoms with Crippen molar-refractivity contribution in [3.8, 4) is 32.4 Å². The summed E-state index contributed by atoms with van der Waals surface area (Å²) >= 11 is 7.12. The fourth-order valence-electron chi connectivity index (χ4n) is 2.52.